The van der Waals surface area contributed by atoms with Gasteiger partial charge in [-0.05, 0) is 38.5 Å². The van der Waals surface area contributed by atoms with Crippen molar-refractivity contribution in [3.63, 3.8) is 0 Å². The van der Waals surface area contributed by atoms with Crippen LogP contribution in [0.1, 0.15) is 28.2 Å². The normalized spacial score (nSPS) is 10.9. The number of thiazole rings is 1. The van der Waals surface area contributed by atoms with Gasteiger partial charge >= 0.3 is 0 Å². The van der Waals surface area contributed by atoms with E-state index in [9.17, 15) is 4.79 Å². The van der Waals surface area contributed by atoms with Crippen LogP contribution in [0, 0.1) is 13.8 Å². The van der Waals surface area contributed by atoms with Gasteiger partial charge in [-0.2, -0.15) is 0 Å². The third-order valence-corrected chi connectivity index (χ3v) is 5.56. The van der Waals surface area contributed by atoms with Crippen molar-refractivity contribution in [1.29, 1.82) is 0 Å². The molecule has 0 aromatic carbocycles. The molecule has 0 aliphatic carbocycles. The second kappa shape index (κ2) is 9.62. The zero-order valence-electron chi connectivity index (χ0n) is 17.1. The van der Waals surface area contributed by atoms with Crippen molar-refractivity contribution in [2.45, 2.75) is 26.8 Å². The number of carbonyl (C=O) groups is 1. The Balaban J connectivity index is 1.97. The zero-order chi connectivity index (χ0) is 20.8. The minimum atomic E-state index is -0.104. The minimum absolute atomic E-state index is 0.104. The van der Waals surface area contributed by atoms with Gasteiger partial charge in [0.15, 0.2) is 0 Å². The van der Waals surface area contributed by atoms with Gasteiger partial charge in [-0.1, -0.05) is 6.08 Å². The van der Waals surface area contributed by atoms with Gasteiger partial charge in [-0.25, -0.2) is 4.98 Å². The maximum absolute atomic E-state index is 12.6. The van der Waals surface area contributed by atoms with Crippen molar-refractivity contribution in [3.8, 4) is 22.0 Å². The topological polar surface area (TPSA) is 69.0 Å². The summed E-state index contributed by atoms with van der Waals surface area (Å²) in [6, 6.07) is 5.94. The van der Waals surface area contributed by atoms with Crippen LogP contribution >= 0.6 is 11.3 Å². The van der Waals surface area contributed by atoms with Crippen molar-refractivity contribution >= 4 is 17.2 Å². The Labute approximate surface area is 175 Å². The highest BCUT2D eigenvalue weighted by Crippen LogP contribution is 2.31. The molecule has 0 saturated carbocycles. The molecule has 0 aliphatic rings. The Morgan fingerprint density at radius 2 is 2.21 bits per heavy atom. The summed E-state index contributed by atoms with van der Waals surface area (Å²) in [5.41, 5.74) is 5.34. The number of nitrogens with zero attached hydrogens (tertiary/aromatic N) is 3. The van der Waals surface area contributed by atoms with Crippen LogP contribution in [0.15, 0.2) is 42.4 Å². The van der Waals surface area contributed by atoms with E-state index in [2.05, 4.69) is 21.4 Å². The fourth-order valence-corrected chi connectivity index (χ4v) is 3.93. The molecule has 1 N–H and O–H groups in total. The molecule has 3 rings (SSSR count). The molecule has 0 unspecified atom stereocenters. The van der Waals surface area contributed by atoms with Crippen LogP contribution in [-0.2, 0) is 11.3 Å². The number of pyridine rings is 1. The van der Waals surface area contributed by atoms with Gasteiger partial charge in [0, 0.05) is 55.3 Å². The van der Waals surface area contributed by atoms with E-state index in [1.807, 2.05) is 43.6 Å². The van der Waals surface area contributed by atoms with Crippen LogP contribution in [0.4, 0.5) is 0 Å². The Bertz CT molecular complexity index is 989. The molecule has 152 valence electrons. The molecule has 0 spiro atoms. The summed E-state index contributed by atoms with van der Waals surface area (Å²) in [5, 5.41) is 5.80. The zero-order valence-corrected chi connectivity index (χ0v) is 17.9. The molecule has 0 fully saturated rings. The first-order valence-corrected chi connectivity index (χ1v) is 10.4. The average Bonchev–Trinajstić information content (AvgIpc) is 3.32. The maximum atomic E-state index is 12.6. The third-order valence-electron chi connectivity index (χ3n) is 4.67. The van der Waals surface area contributed by atoms with Crippen molar-refractivity contribution < 1.29 is 9.53 Å². The average molecular weight is 411 g/mol. The predicted molar refractivity (Wildman–Crippen MR) is 117 cm³/mol. The first-order chi connectivity index (χ1) is 14.0. The lowest BCUT2D eigenvalue weighted by Gasteiger charge is -2.10. The van der Waals surface area contributed by atoms with E-state index in [-0.39, 0.29) is 5.91 Å². The van der Waals surface area contributed by atoms with E-state index in [1.165, 1.54) is 0 Å². The summed E-state index contributed by atoms with van der Waals surface area (Å²) < 4.78 is 7.35. The molecule has 0 radical (unpaired) electrons. The van der Waals surface area contributed by atoms with Crippen LogP contribution in [0.2, 0.25) is 0 Å². The summed E-state index contributed by atoms with van der Waals surface area (Å²) in [5.74, 6) is -0.104. The quantitative estimate of drug-likeness (QED) is 0.423. The van der Waals surface area contributed by atoms with Crippen LogP contribution in [0.5, 0.6) is 0 Å². The standard InChI is InChI=1S/C22H26N4O2S/c1-5-9-23-21(27)18-12-20(26(16(18)3)10-6-11-28-4)19-14-29-22(25-19)17-8-7-15(2)24-13-17/h5,7-8,12-14H,1,6,9-11H2,2-4H3,(H,23,27). The maximum Gasteiger partial charge on any atom is 0.253 e. The predicted octanol–water partition coefficient (Wildman–Crippen LogP) is 4.24. The van der Waals surface area contributed by atoms with Crippen LogP contribution < -0.4 is 5.32 Å². The minimum Gasteiger partial charge on any atom is -0.385 e. The molecule has 3 heterocycles. The number of methoxy groups -OCH3 is 1. The highest BCUT2D eigenvalue weighted by Gasteiger charge is 2.20. The van der Waals surface area contributed by atoms with E-state index in [0.29, 0.717) is 18.7 Å². The molecule has 0 atom stereocenters. The van der Waals surface area contributed by atoms with E-state index < -0.39 is 0 Å². The molecule has 0 aliphatic heterocycles. The molecule has 3 aromatic heterocycles. The van der Waals surface area contributed by atoms with Crippen molar-refractivity contribution in [2.75, 3.05) is 20.3 Å². The third kappa shape index (κ3) is 4.81. The molecular weight excluding hydrogens is 384 g/mol. The van der Waals surface area contributed by atoms with Gasteiger partial charge < -0.3 is 14.6 Å². The van der Waals surface area contributed by atoms with Gasteiger partial charge in [0.1, 0.15) is 5.01 Å². The molecule has 3 aromatic rings. The van der Waals surface area contributed by atoms with Crippen LogP contribution in [0.3, 0.4) is 0 Å². The van der Waals surface area contributed by atoms with Crippen molar-refractivity contribution in [2.24, 2.45) is 0 Å². The second-order valence-corrected chi connectivity index (χ2v) is 7.61. The van der Waals surface area contributed by atoms with E-state index >= 15 is 0 Å². The summed E-state index contributed by atoms with van der Waals surface area (Å²) in [4.78, 5) is 21.8. The number of ether oxygens (including phenoxy) is 1. The highest BCUT2D eigenvalue weighted by molar-refractivity contribution is 7.13. The van der Waals surface area contributed by atoms with Crippen molar-refractivity contribution in [1.82, 2.24) is 19.9 Å². The number of nitrogens with one attached hydrogen (secondary N) is 1. The number of hydrogen-bond donors (Lipinski definition) is 1. The highest BCUT2D eigenvalue weighted by atomic mass is 32.1. The van der Waals surface area contributed by atoms with Gasteiger partial charge in [0.2, 0.25) is 0 Å². The fourth-order valence-electron chi connectivity index (χ4n) is 3.12. The molecule has 0 bridgehead atoms. The second-order valence-electron chi connectivity index (χ2n) is 6.75. The summed E-state index contributed by atoms with van der Waals surface area (Å²) in [6.07, 6.45) is 4.37. The van der Waals surface area contributed by atoms with Crippen LogP contribution in [0.25, 0.3) is 22.0 Å². The number of carbonyl (C=O) groups excluding carboxylic acids is 1. The Morgan fingerprint density at radius 3 is 2.90 bits per heavy atom. The summed E-state index contributed by atoms with van der Waals surface area (Å²) in [7, 11) is 1.69. The van der Waals surface area contributed by atoms with Crippen molar-refractivity contribution in [3.05, 3.63) is 59.4 Å². The van der Waals surface area contributed by atoms with E-state index in [4.69, 9.17) is 9.72 Å². The fraction of sp³-hybridized carbons (Fsp3) is 0.318. The molecular formula is C22H26N4O2S. The number of rotatable bonds is 9. The number of aromatic nitrogens is 3. The molecule has 29 heavy (non-hydrogen) atoms. The molecule has 7 heteroatoms. The Kier molecular flexibility index (Phi) is 6.95. The summed E-state index contributed by atoms with van der Waals surface area (Å²) in [6.45, 7) is 9.44. The lowest BCUT2D eigenvalue weighted by atomic mass is 10.2. The number of hydrogen-bond acceptors (Lipinski definition) is 5. The lowest BCUT2D eigenvalue weighted by Crippen LogP contribution is -2.23. The molecule has 6 nitrogen and oxygen atoms in total. The largest absolute Gasteiger partial charge is 0.385 e. The lowest BCUT2D eigenvalue weighted by molar-refractivity contribution is 0.0957. The van der Waals surface area contributed by atoms with E-state index in [0.717, 1.165) is 46.3 Å². The Hall–Kier alpha value is -2.77. The van der Waals surface area contributed by atoms with Crippen LogP contribution in [-0.4, -0.2) is 40.7 Å². The van der Waals surface area contributed by atoms with Gasteiger partial charge in [-0.3, -0.25) is 9.78 Å². The molecule has 0 saturated heterocycles. The first-order valence-electron chi connectivity index (χ1n) is 9.52. The Morgan fingerprint density at radius 1 is 1.38 bits per heavy atom. The van der Waals surface area contributed by atoms with Gasteiger partial charge in [0.05, 0.1) is 17.0 Å². The molecule has 1 amide bonds. The van der Waals surface area contributed by atoms with Gasteiger partial charge in [-0.15, -0.1) is 17.9 Å². The summed E-state index contributed by atoms with van der Waals surface area (Å²) >= 11 is 1.57. The monoisotopic (exact) mass is 410 g/mol. The SMILES string of the molecule is C=CCNC(=O)c1cc(-c2csc(-c3ccc(C)nc3)n2)n(CCCOC)c1C. The smallest absolute Gasteiger partial charge is 0.253 e. The van der Waals surface area contributed by atoms with Gasteiger partial charge in [0.25, 0.3) is 5.91 Å². The number of aryl methyl sites for hydroxylation is 1. The van der Waals surface area contributed by atoms with E-state index in [1.54, 1.807) is 24.5 Å². The first kappa shape index (κ1) is 21.0. The number of amides is 1.